The quantitative estimate of drug-likeness (QED) is 0.471. The van der Waals surface area contributed by atoms with Crippen molar-refractivity contribution in [1.29, 1.82) is 0 Å². The van der Waals surface area contributed by atoms with Crippen molar-refractivity contribution in [2.45, 2.75) is 90.6 Å². The second-order valence-corrected chi connectivity index (χ2v) is 9.01. The standard InChI is InChI=1S/C20H30O5/c1-11(2)13-9-15-18(4,10-14(13)21)8-7-16(19(15,5)23)24-17(22)20(6)12(3)25-20/h12,15-16,23H,7-10H2,1-6H3. The Morgan fingerprint density at radius 1 is 1.28 bits per heavy atom. The fraction of sp³-hybridized carbons (Fsp3) is 0.800. The predicted molar refractivity (Wildman–Crippen MR) is 92.9 cm³/mol. The van der Waals surface area contributed by atoms with E-state index in [9.17, 15) is 14.7 Å². The molecule has 140 valence electrons. The van der Waals surface area contributed by atoms with Gasteiger partial charge in [0, 0.05) is 12.3 Å². The fourth-order valence-electron chi connectivity index (χ4n) is 4.77. The monoisotopic (exact) mass is 350 g/mol. The van der Waals surface area contributed by atoms with Crippen LogP contribution in [0.3, 0.4) is 0 Å². The van der Waals surface area contributed by atoms with Crippen LogP contribution in [0.15, 0.2) is 11.1 Å². The van der Waals surface area contributed by atoms with Crippen molar-refractivity contribution in [2.75, 3.05) is 0 Å². The van der Waals surface area contributed by atoms with Crippen LogP contribution in [0.1, 0.15) is 67.2 Å². The third-order valence-corrected chi connectivity index (χ3v) is 6.88. The average Bonchev–Trinajstić information content (AvgIpc) is 3.10. The average molecular weight is 350 g/mol. The van der Waals surface area contributed by atoms with Gasteiger partial charge in [0.25, 0.3) is 0 Å². The lowest BCUT2D eigenvalue weighted by Gasteiger charge is -2.55. The zero-order valence-corrected chi connectivity index (χ0v) is 16.1. The molecule has 0 bridgehead atoms. The number of epoxide rings is 1. The Morgan fingerprint density at radius 3 is 2.40 bits per heavy atom. The third-order valence-electron chi connectivity index (χ3n) is 6.88. The summed E-state index contributed by atoms with van der Waals surface area (Å²) in [5, 5.41) is 11.3. The summed E-state index contributed by atoms with van der Waals surface area (Å²) in [6.45, 7) is 11.3. The number of carbonyl (C=O) groups excluding carboxylic acids is 2. The molecule has 3 aliphatic rings. The molecule has 0 radical (unpaired) electrons. The molecule has 0 amide bonds. The fourth-order valence-corrected chi connectivity index (χ4v) is 4.77. The summed E-state index contributed by atoms with van der Waals surface area (Å²) < 4.78 is 11.1. The number of ketones is 1. The Kier molecular flexibility index (Phi) is 4.20. The van der Waals surface area contributed by atoms with E-state index in [0.29, 0.717) is 19.3 Å². The van der Waals surface area contributed by atoms with Gasteiger partial charge in [-0.15, -0.1) is 0 Å². The molecule has 2 aliphatic carbocycles. The first kappa shape index (κ1) is 18.6. The molecule has 25 heavy (non-hydrogen) atoms. The Labute approximate surface area is 149 Å². The molecule has 6 unspecified atom stereocenters. The Bertz CT molecular complexity index is 644. The molecule has 6 atom stereocenters. The lowest BCUT2D eigenvalue weighted by Crippen LogP contribution is -2.60. The maximum absolute atomic E-state index is 12.5. The van der Waals surface area contributed by atoms with Crippen molar-refractivity contribution in [3.05, 3.63) is 11.1 Å². The van der Waals surface area contributed by atoms with Gasteiger partial charge in [0.05, 0.1) is 6.10 Å². The summed E-state index contributed by atoms with van der Waals surface area (Å²) in [5.41, 5.74) is -0.478. The summed E-state index contributed by atoms with van der Waals surface area (Å²) in [6.07, 6.45) is 1.60. The van der Waals surface area contributed by atoms with Crippen LogP contribution in [-0.4, -0.2) is 40.3 Å². The van der Waals surface area contributed by atoms with Crippen LogP contribution in [0, 0.1) is 11.3 Å². The maximum atomic E-state index is 12.5. The van der Waals surface area contributed by atoms with Crippen LogP contribution in [0.5, 0.6) is 0 Å². The minimum atomic E-state index is -1.17. The Balaban J connectivity index is 1.84. The molecule has 0 aromatic carbocycles. The van der Waals surface area contributed by atoms with Gasteiger partial charge in [-0.05, 0) is 64.9 Å². The van der Waals surface area contributed by atoms with Crippen LogP contribution in [0.2, 0.25) is 0 Å². The molecule has 1 heterocycles. The highest BCUT2D eigenvalue weighted by molar-refractivity contribution is 5.97. The van der Waals surface area contributed by atoms with E-state index in [1.807, 2.05) is 20.8 Å². The van der Waals surface area contributed by atoms with E-state index < -0.39 is 23.3 Å². The number of carbonyl (C=O) groups is 2. The number of hydrogen-bond acceptors (Lipinski definition) is 5. The topological polar surface area (TPSA) is 76.1 Å². The SMILES string of the molecule is CC(C)=C1CC2C(C)(CCC(OC(=O)C3(C)OC3C)C2(C)O)CC1=O. The van der Waals surface area contributed by atoms with Gasteiger partial charge < -0.3 is 14.6 Å². The highest BCUT2D eigenvalue weighted by Gasteiger charge is 2.61. The zero-order chi connectivity index (χ0) is 18.8. The maximum Gasteiger partial charge on any atom is 0.341 e. The number of hydrogen-bond donors (Lipinski definition) is 1. The van der Waals surface area contributed by atoms with Gasteiger partial charge in [0.1, 0.15) is 11.7 Å². The number of aliphatic hydroxyl groups is 1. The zero-order valence-electron chi connectivity index (χ0n) is 16.1. The Hall–Kier alpha value is -1.20. The van der Waals surface area contributed by atoms with Crippen molar-refractivity contribution in [2.24, 2.45) is 11.3 Å². The molecule has 1 saturated heterocycles. The molecular formula is C20H30O5. The summed E-state index contributed by atoms with van der Waals surface area (Å²) in [7, 11) is 0. The molecule has 5 heteroatoms. The van der Waals surface area contributed by atoms with Gasteiger partial charge in [0.15, 0.2) is 11.4 Å². The summed E-state index contributed by atoms with van der Waals surface area (Å²) in [4.78, 5) is 24.9. The van der Waals surface area contributed by atoms with Gasteiger partial charge in [0.2, 0.25) is 0 Å². The van der Waals surface area contributed by atoms with E-state index in [4.69, 9.17) is 9.47 Å². The van der Waals surface area contributed by atoms with Crippen LogP contribution in [0.4, 0.5) is 0 Å². The smallest absolute Gasteiger partial charge is 0.341 e. The molecule has 0 spiro atoms. The van der Waals surface area contributed by atoms with E-state index in [0.717, 1.165) is 17.6 Å². The molecule has 2 saturated carbocycles. The number of rotatable bonds is 2. The largest absolute Gasteiger partial charge is 0.457 e. The van der Waals surface area contributed by atoms with Crippen molar-refractivity contribution < 1.29 is 24.2 Å². The van der Waals surface area contributed by atoms with Gasteiger partial charge >= 0.3 is 5.97 Å². The van der Waals surface area contributed by atoms with Crippen LogP contribution >= 0.6 is 0 Å². The first-order valence-corrected chi connectivity index (χ1v) is 9.22. The second-order valence-electron chi connectivity index (χ2n) is 9.01. The molecule has 3 rings (SSSR count). The number of Topliss-reactive ketones (excluding diaryl/α,β-unsaturated/α-hetero) is 1. The van der Waals surface area contributed by atoms with E-state index in [1.54, 1.807) is 13.8 Å². The lowest BCUT2D eigenvalue weighted by molar-refractivity contribution is -0.202. The normalized spacial score (nSPS) is 46.4. The van der Waals surface area contributed by atoms with E-state index in [2.05, 4.69) is 6.92 Å². The van der Waals surface area contributed by atoms with Gasteiger partial charge in [-0.3, -0.25) is 4.79 Å². The highest BCUT2D eigenvalue weighted by Crippen LogP contribution is 2.55. The first-order valence-electron chi connectivity index (χ1n) is 9.22. The molecular weight excluding hydrogens is 320 g/mol. The molecule has 0 aromatic rings. The van der Waals surface area contributed by atoms with Crippen LogP contribution < -0.4 is 0 Å². The molecule has 3 fully saturated rings. The summed E-state index contributed by atoms with van der Waals surface area (Å²) in [5.74, 6) is -0.319. The second kappa shape index (κ2) is 5.65. The number of ether oxygens (including phenoxy) is 2. The number of fused-ring (bicyclic) bond motifs is 1. The van der Waals surface area contributed by atoms with E-state index >= 15 is 0 Å². The van der Waals surface area contributed by atoms with Crippen molar-refractivity contribution in [1.82, 2.24) is 0 Å². The first-order chi connectivity index (χ1) is 11.4. The van der Waals surface area contributed by atoms with Crippen LogP contribution in [0.25, 0.3) is 0 Å². The number of allylic oxidation sites excluding steroid dienone is 2. The third kappa shape index (κ3) is 2.85. The Morgan fingerprint density at radius 2 is 1.88 bits per heavy atom. The molecule has 1 N–H and O–H groups in total. The molecule has 5 nitrogen and oxygen atoms in total. The highest BCUT2D eigenvalue weighted by atomic mass is 16.7. The summed E-state index contributed by atoms with van der Waals surface area (Å²) in [6, 6.07) is 0. The summed E-state index contributed by atoms with van der Waals surface area (Å²) >= 11 is 0. The van der Waals surface area contributed by atoms with Gasteiger partial charge in [-0.2, -0.15) is 0 Å². The van der Waals surface area contributed by atoms with E-state index in [-0.39, 0.29) is 23.2 Å². The van der Waals surface area contributed by atoms with Crippen LogP contribution in [-0.2, 0) is 19.1 Å². The number of esters is 1. The molecule has 1 aliphatic heterocycles. The van der Waals surface area contributed by atoms with Crippen molar-refractivity contribution in [3.63, 3.8) is 0 Å². The van der Waals surface area contributed by atoms with Gasteiger partial charge in [-0.1, -0.05) is 12.5 Å². The van der Waals surface area contributed by atoms with E-state index in [1.165, 1.54) is 0 Å². The minimum Gasteiger partial charge on any atom is -0.457 e. The molecule has 0 aromatic heterocycles. The van der Waals surface area contributed by atoms with Crippen molar-refractivity contribution >= 4 is 11.8 Å². The lowest BCUT2D eigenvalue weighted by atomic mass is 9.53. The minimum absolute atomic E-state index is 0.112. The van der Waals surface area contributed by atoms with Gasteiger partial charge in [-0.25, -0.2) is 4.79 Å². The predicted octanol–water partition coefficient (Wildman–Crippen LogP) is 2.94. The van der Waals surface area contributed by atoms with Crippen molar-refractivity contribution in [3.8, 4) is 0 Å².